The third-order valence-corrected chi connectivity index (χ3v) is 7.81. The number of esters is 1. The van der Waals surface area contributed by atoms with Crippen LogP contribution < -0.4 is 0 Å². The van der Waals surface area contributed by atoms with Gasteiger partial charge >= 0.3 is 5.97 Å². The number of carbonyl (C=O) groups is 1. The van der Waals surface area contributed by atoms with Crippen molar-refractivity contribution in [3.05, 3.63) is 65.7 Å². The molecule has 0 bridgehead atoms. The highest BCUT2D eigenvalue weighted by Gasteiger charge is 2.59. The molecule has 2 aliphatic heterocycles. The Morgan fingerprint density at radius 3 is 2.35 bits per heavy atom. The largest absolute Gasteiger partial charge is 0.429 e. The van der Waals surface area contributed by atoms with Gasteiger partial charge in [-0.25, -0.2) is 4.79 Å². The van der Waals surface area contributed by atoms with Crippen LogP contribution in [-0.4, -0.2) is 51.4 Å². The fourth-order valence-corrected chi connectivity index (χ4v) is 5.63. The standard InChI is InChI=1S/C25H28O8S/c1-17-10-12-19(13-11-17)34(27,28)29-16-20-21-22(33-25(32-21)14-6-3-7-15-25)24(30-20)31-23(26)18-8-4-2-5-9-18/h2,4-5,8-13,20-22,24H,3,6-7,14-16H2,1H3/t20-,21-,22-,24?/m1/s1. The van der Waals surface area contributed by atoms with Crippen LogP contribution in [0, 0.1) is 6.92 Å². The molecule has 9 heteroatoms. The van der Waals surface area contributed by atoms with E-state index < -0.39 is 46.5 Å². The van der Waals surface area contributed by atoms with Gasteiger partial charge in [0.05, 0.1) is 17.1 Å². The molecule has 5 rings (SSSR count). The SMILES string of the molecule is Cc1ccc(S(=O)(=O)OC[C@H]2OC(OC(=O)c3ccccc3)[C@@H]3OC4(CCCCC4)O[C@H]23)cc1. The van der Waals surface area contributed by atoms with Gasteiger partial charge in [0, 0.05) is 12.8 Å². The lowest BCUT2D eigenvalue weighted by atomic mass is 9.94. The summed E-state index contributed by atoms with van der Waals surface area (Å²) in [5.41, 5.74) is 1.33. The molecule has 4 atom stereocenters. The third-order valence-electron chi connectivity index (χ3n) is 6.51. The predicted molar refractivity (Wildman–Crippen MR) is 120 cm³/mol. The van der Waals surface area contributed by atoms with Crippen molar-refractivity contribution < 1.29 is 36.3 Å². The molecule has 2 aromatic rings. The maximum absolute atomic E-state index is 12.7. The molecule has 0 radical (unpaired) electrons. The summed E-state index contributed by atoms with van der Waals surface area (Å²) in [5.74, 6) is -1.31. The monoisotopic (exact) mass is 488 g/mol. The van der Waals surface area contributed by atoms with Crippen molar-refractivity contribution >= 4 is 16.1 Å². The summed E-state index contributed by atoms with van der Waals surface area (Å²) in [5, 5.41) is 0. The molecule has 1 spiro atoms. The van der Waals surface area contributed by atoms with E-state index in [2.05, 4.69) is 0 Å². The second-order valence-corrected chi connectivity index (χ2v) is 10.6. The van der Waals surface area contributed by atoms with Crippen LogP contribution in [-0.2, 0) is 33.2 Å². The van der Waals surface area contributed by atoms with Gasteiger partial charge in [-0.05, 0) is 44.0 Å². The molecular weight excluding hydrogens is 460 g/mol. The summed E-state index contributed by atoms with van der Waals surface area (Å²) in [6.45, 7) is 1.59. The lowest BCUT2D eigenvalue weighted by Crippen LogP contribution is -2.38. The van der Waals surface area contributed by atoms with E-state index in [1.807, 2.05) is 13.0 Å². The molecule has 34 heavy (non-hydrogen) atoms. The summed E-state index contributed by atoms with van der Waals surface area (Å²) in [6.07, 6.45) is 1.42. The molecule has 2 saturated heterocycles. The first-order valence-electron chi connectivity index (χ1n) is 11.6. The van der Waals surface area contributed by atoms with Gasteiger partial charge in [-0.15, -0.1) is 0 Å². The van der Waals surface area contributed by atoms with Gasteiger partial charge in [0.1, 0.15) is 12.2 Å². The molecule has 2 aromatic carbocycles. The summed E-state index contributed by atoms with van der Waals surface area (Å²) < 4.78 is 54.9. The van der Waals surface area contributed by atoms with E-state index in [-0.39, 0.29) is 11.5 Å². The van der Waals surface area contributed by atoms with Crippen LogP contribution in [0.1, 0.15) is 48.0 Å². The van der Waals surface area contributed by atoms with Crippen molar-refractivity contribution in [1.29, 1.82) is 0 Å². The average Bonchev–Trinajstić information content (AvgIpc) is 3.34. The second kappa shape index (κ2) is 9.39. The molecular formula is C25H28O8S. The predicted octanol–water partition coefficient (Wildman–Crippen LogP) is 3.73. The molecule has 2 heterocycles. The minimum atomic E-state index is -3.99. The van der Waals surface area contributed by atoms with Crippen LogP contribution in [0.25, 0.3) is 0 Å². The van der Waals surface area contributed by atoms with E-state index in [4.69, 9.17) is 23.1 Å². The van der Waals surface area contributed by atoms with Crippen LogP contribution in [0.15, 0.2) is 59.5 Å². The highest BCUT2D eigenvalue weighted by Crippen LogP contribution is 2.46. The summed E-state index contributed by atoms with van der Waals surface area (Å²) >= 11 is 0. The first-order valence-corrected chi connectivity index (χ1v) is 13.0. The third kappa shape index (κ3) is 4.76. The fourth-order valence-electron chi connectivity index (χ4n) is 4.72. The zero-order valence-corrected chi connectivity index (χ0v) is 19.7. The van der Waals surface area contributed by atoms with Crippen LogP contribution >= 0.6 is 0 Å². The zero-order chi connectivity index (χ0) is 23.8. The minimum absolute atomic E-state index is 0.0621. The average molecular weight is 489 g/mol. The zero-order valence-electron chi connectivity index (χ0n) is 18.9. The van der Waals surface area contributed by atoms with E-state index >= 15 is 0 Å². The number of rotatable bonds is 6. The van der Waals surface area contributed by atoms with Crippen LogP contribution in [0.3, 0.4) is 0 Å². The maximum atomic E-state index is 12.7. The quantitative estimate of drug-likeness (QED) is 0.448. The molecule has 0 amide bonds. The Kier molecular flexibility index (Phi) is 6.47. The summed E-state index contributed by atoms with van der Waals surface area (Å²) in [6, 6.07) is 15.0. The topological polar surface area (TPSA) is 97.4 Å². The Hall–Kier alpha value is -2.30. The van der Waals surface area contributed by atoms with Gasteiger partial charge in [0.2, 0.25) is 6.29 Å². The Morgan fingerprint density at radius 2 is 1.65 bits per heavy atom. The van der Waals surface area contributed by atoms with Crippen molar-refractivity contribution in [2.24, 2.45) is 0 Å². The molecule has 1 saturated carbocycles. The molecule has 1 aliphatic carbocycles. The fraction of sp³-hybridized carbons (Fsp3) is 0.480. The number of benzene rings is 2. The van der Waals surface area contributed by atoms with Crippen molar-refractivity contribution in [3.8, 4) is 0 Å². The first kappa shape index (κ1) is 23.4. The van der Waals surface area contributed by atoms with E-state index in [1.165, 1.54) is 12.1 Å². The van der Waals surface area contributed by atoms with Gasteiger partial charge in [-0.2, -0.15) is 8.42 Å². The van der Waals surface area contributed by atoms with E-state index in [0.29, 0.717) is 5.56 Å². The maximum Gasteiger partial charge on any atom is 0.340 e. The molecule has 0 N–H and O–H groups in total. The first-order chi connectivity index (χ1) is 16.4. The Bertz CT molecular complexity index is 1110. The lowest BCUT2D eigenvalue weighted by molar-refractivity contribution is -0.248. The highest BCUT2D eigenvalue weighted by atomic mass is 32.2. The lowest BCUT2D eigenvalue weighted by Gasteiger charge is -2.34. The summed E-state index contributed by atoms with van der Waals surface area (Å²) in [4.78, 5) is 12.7. The van der Waals surface area contributed by atoms with Crippen molar-refractivity contribution in [3.63, 3.8) is 0 Å². The normalized spacial score (nSPS) is 28.0. The number of fused-ring (bicyclic) bond motifs is 1. The van der Waals surface area contributed by atoms with Crippen molar-refractivity contribution in [2.75, 3.05) is 6.61 Å². The summed E-state index contributed by atoms with van der Waals surface area (Å²) in [7, 11) is -3.99. The van der Waals surface area contributed by atoms with Gasteiger partial charge < -0.3 is 18.9 Å². The van der Waals surface area contributed by atoms with Gasteiger partial charge in [0.25, 0.3) is 10.1 Å². The molecule has 182 valence electrons. The Balaban J connectivity index is 1.32. The minimum Gasteiger partial charge on any atom is -0.429 e. The number of hydrogen-bond donors (Lipinski definition) is 0. The van der Waals surface area contributed by atoms with E-state index in [9.17, 15) is 13.2 Å². The molecule has 1 unspecified atom stereocenters. The highest BCUT2D eigenvalue weighted by molar-refractivity contribution is 7.86. The smallest absolute Gasteiger partial charge is 0.340 e. The molecule has 0 aromatic heterocycles. The number of hydrogen-bond acceptors (Lipinski definition) is 8. The number of ether oxygens (including phenoxy) is 4. The van der Waals surface area contributed by atoms with E-state index in [1.54, 1.807) is 36.4 Å². The van der Waals surface area contributed by atoms with Gasteiger partial charge in [-0.1, -0.05) is 42.3 Å². The van der Waals surface area contributed by atoms with E-state index in [0.717, 1.165) is 37.7 Å². The van der Waals surface area contributed by atoms with Gasteiger partial charge in [0.15, 0.2) is 11.9 Å². The van der Waals surface area contributed by atoms with Crippen molar-refractivity contribution in [1.82, 2.24) is 0 Å². The van der Waals surface area contributed by atoms with Crippen molar-refractivity contribution in [2.45, 2.75) is 74.3 Å². The van der Waals surface area contributed by atoms with Gasteiger partial charge in [-0.3, -0.25) is 4.18 Å². The van der Waals surface area contributed by atoms with Crippen LogP contribution in [0.4, 0.5) is 0 Å². The molecule has 8 nitrogen and oxygen atoms in total. The molecule has 3 fully saturated rings. The van der Waals surface area contributed by atoms with Crippen LogP contribution in [0.2, 0.25) is 0 Å². The second-order valence-electron chi connectivity index (χ2n) is 9.00. The van der Waals surface area contributed by atoms with Crippen LogP contribution in [0.5, 0.6) is 0 Å². The Labute approximate surface area is 199 Å². The number of carbonyl (C=O) groups excluding carboxylic acids is 1. The Morgan fingerprint density at radius 1 is 0.971 bits per heavy atom. The molecule has 3 aliphatic rings. The number of aryl methyl sites for hydroxylation is 1.